The van der Waals surface area contributed by atoms with Crippen LogP contribution in [-0.4, -0.2) is 49.3 Å². The third-order valence-electron chi connectivity index (χ3n) is 7.42. The topological polar surface area (TPSA) is 134 Å². The van der Waals surface area contributed by atoms with E-state index in [9.17, 15) is 19.0 Å². The molecule has 9 nitrogen and oxygen atoms in total. The summed E-state index contributed by atoms with van der Waals surface area (Å²) in [5, 5.41) is 0. The zero-order valence-electron chi connectivity index (χ0n) is 30.7. The van der Waals surface area contributed by atoms with Crippen LogP contribution in [0.25, 0.3) is 0 Å². The molecule has 0 rings (SSSR count). The standard InChI is InChI=1S/C39H68NO8P/c1-3-5-7-9-11-12-13-14-15-16-17-18-19-20-21-22-23-24-26-28-30-32-39(42)48-37(36-47-49(43,44)46-34-33-40)35-45-38(41)31-29-27-25-10-8-6-4-2/h5,7,11-12,14-15,17-18,20-21,37H,3-4,6,8-10,13,16,19,22-36,40H2,1-2H3,(H,43,44)/b7-5-,12-11-,15-14-,18-17-,21-20-. The minimum absolute atomic E-state index is 0.0475. The number of phosphoric ester groups is 1. The molecule has 0 saturated heterocycles. The molecular formula is C39H68NO8P. The monoisotopic (exact) mass is 709 g/mol. The molecule has 0 amide bonds. The maximum atomic E-state index is 12.5. The smallest absolute Gasteiger partial charge is 0.462 e. The highest BCUT2D eigenvalue weighted by Gasteiger charge is 2.25. The van der Waals surface area contributed by atoms with Gasteiger partial charge in [0.15, 0.2) is 6.10 Å². The molecule has 0 radical (unpaired) electrons. The Bertz CT molecular complexity index is 992. The van der Waals surface area contributed by atoms with Crippen molar-refractivity contribution in [3.8, 4) is 0 Å². The van der Waals surface area contributed by atoms with Crippen LogP contribution >= 0.6 is 7.82 Å². The molecule has 0 spiro atoms. The molecule has 2 atom stereocenters. The van der Waals surface area contributed by atoms with Gasteiger partial charge in [-0.25, -0.2) is 4.57 Å². The van der Waals surface area contributed by atoms with E-state index >= 15 is 0 Å². The SMILES string of the molecule is CC/C=C\C/C=C\C/C=C\C/C=C\C/C=C\CCCCCCCC(=O)OC(COC(=O)CCCCCCCCC)COP(=O)(O)OCCN. The van der Waals surface area contributed by atoms with E-state index in [1.807, 2.05) is 0 Å². The lowest BCUT2D eigenvalue weighted by atomic mass is 10.1. The van der Waals surface area contributed by atoms with Crippen molar-refractivity contribution >= 4 is 19.8 Å². The maximum absolute atomic E-state index is 12.5. The molecule has 0 aromatic carbocycles. The van der Waals surface area contributed by atoms with Crippen molar-refractivity contribution in [1.29, 1.82) is 0 Å². The highest BCUT2D eigenvalue weighted by atomic mass is 31.2. The van der Waals surface area contributed by atoms with Crippen LogP contribution in [0.3, 0.4) is 0 Å². The van der Waals surface area contributed by atoms with Crippen molar-refractivity contribution in [1.82, 2.24) is 0 Å². The summed E-state index contributed by atoms with van der Waals surface area (Å²) >= 11 is 0. The number of phosphoric acid groups is 1. The Morgan fingerprint density at radius 1 is 0.633 bits per heavy atom. The molecule has 0 bridgehead atoms. The number of unbranched alkanes of at least 4 members (excludes halogenated alkanes) is 11. The van der Waals surface area contributed by atoms with Crippen molar-refractivity contribution in [3.05, 3.63) is 60.8 Å². The number of carbonyl (C=O) groups excluding carboxylic acids is 2. The molecule has 3 N–H and O–H groups in total. The van der Waals surface area contributed by atoms with Crippen molar-refractivity contribution in [2.24, 2.45) is 5.73 Å². The second kappa shape index (κ2) is 35.5. The van der Waals surface area contributed by atoms with Crippen LogP contribution in [0.1, 0.15) is 142 Å². The van der Waals surface area contributed by atoms with Gasteiger partial charge in [0.2, 0.25) is 0 Å². The second-order valence-electron chi connectivity index (χ2n) is 12.1. The minimum atomic E-state index is -4.37. The molecular weight excluding hydrogens is 641 g/mol. The van der Waals surface area contributed by atoms with Gasteiger partial charge in [0.1, 0.15) is 6.61 Å². The quantitative estimate of drug-likeness (QED) is 0.0290. The Morgan fingerprint density at radius 2 is 1.12 bits per heavy atom. The van der Waals surface area contributed by atoms with Gasteiger partial charge in [0.25, 0.3) is 0 Å². The highest BCUT2D eigenvalue weighted by molar-refractivity contribution is 7.47. The fraction of sp³-hybridized carbons (Fsp3) is 0.692. The largest absolute Gasteiger partial charge is 0.472 e. The lowest BCUT2D eigenvalue weighted by Gasteiger charge is -2.19. The highest BCUT2D eigenvalue weighted by Crippen LogP contribution is 2.43. The Hall–Kier alpha value is -2.29. The normalized spacial score (nSPS) is 14.1. The van der Waals surface area contributed by atoms with Crippen molar-refractivity contribution < 1.29 is 37.6 Å². The lowest BCUT2D eigenvalue weighted by Crippen LogP contribution is -2.29. The van der Waals surface area contributed by atoms with Gasteiger partial charge in [-0.15, -0.1) is 0 Å². The molecule has 0 heterocycles. The summed E-state index contributed by atoms with van der Waals surface area (Å²) in [5.74, 6) is -0.864. The average Bonchev–Trinajstić information content (AvgIpc) is 3.08. The summed E-state index contributed by atoms with van der Waals surface area (Å²) in [4.78, 5) is 34.5. The van der Waals surface area contributed by atoms with E-state index in [-0.39, 0.29) is 32.6 Å². The summed E-state index contributed by atoms with van der Waals surface area (Å²) in [6.45, 7) is 3.51. The first kappa shape index (κ1) is 46.7. The van der Waals surface area contributed by atoms with Crippen molar-refractivity contribution in [2.45, 2.75) is 148 Å². The molecule has 0 aliphatic carbocycles. The fourth-order valence-electron chi connectivity index (χ4n) is 4.66. The predicted molar refractivity (Wildman–Crippen MR) is 201 cm³/mol. The van der Waals surface area contributed by atoms with Crippen LogP contribution in [0.2, 0.25) is 0 Å². The Labute approximate surface area is 298 Å². The molecule has 0 aromatic rings. The van der Waals surface area contributed by atoms with Gasteiger partial charge in [-0.2, -0.15) is 0 Å². The molecule has 0 saturated carbocycles. The van der Waals surface area contributed by atoms with E-state index < -0.39 is 32.5 Å². The van der Waals surface area contributed by atoms with Gasteiger partial charge in [0, 0.05) is 19.4 Å². The van der Waals surface area contributed by atoms with Crippen LogP contribution < -0.4 is 5.73 Å². The van der Waals surface area contributed by atoms with Gasteiger partial charge >= 0.3 is 19.8 Å². The molecule has 0 aliphatic rings. The molecule has 0 aliphatic heterocycles. The number of allylic oxidation sites excluding steroid dienone is 10. The molecule has 0 aromatic heterocycles. The van der Waals surface area contributed by atoms with E-state index in [2.05, 4.69) is 74.6 Å². The number of hydrogen-bond donors (Lipinski definition) is 2. The molecule has 282 valence electrons. The van der Waals surface area contributed by atoms with Crippen molar-refractivity contribution in [2.75, 3.05) is 26.4 Å². The first-order chi connectivity index (χ1) is 23.8. The van der Waals surface area contributed by atoms with Gasteiger partial charge in [-0.05, 0) is 57.8 Å². The number of ether oxygens (including phenoxy) is 2. The number of rotatable bonds is 34. The summed E-state index contributed by atoms with van der Waals surface area (Å²) in [7, 11) is -4.37. The summed E-state index contributed by atoms with van der Waals surface area (Å²) in [6.07, 6.45) is 39.8. The summed E-state index contributed by atoms with van der Waals surface area (Å²) in [6, 6.07) is 0. The maximum Gasteiger partial charge on any atom is 0.472 e. The van der Waals surface area contributed by atoms with E-state index in [4.69, 9.17) is 24.3 Å². The Kier molecular flexibility index (Phi) is 33.9. The third-order valence-corrected chi connectivity index (χ3v) is 8.40. The van der Waals surface area contributed by atoms with Crippen LogP contribution in [0.15, 0.2) is 60.8 Å². The van der Waals surface area contributed by atoms with Gasteiger partial charge < -0.3 is 20.1 Å². The van der Waals surface area contributed by atoms with E-state index in [1.165, 1.54) is 19.3 Å². The zero-order valence-corrected chi connectivity index (χ0v) is 31.5. The second-order valence-corrected chi connectivity index (χ2v) is 13.5. The number of nitrogens with two attached hydrogens (primary N) is 1. The Balaban J connectivity index is 4.20. The Morgan fingerprint density at radius 3 is 1.67 bits per heavy atom. The number of carbonyl (C=O) groups is 2. The van der Waals surface area contributed by atoms with E-state index in [1.54, 1.807) is 0 Å². The average molecular weight is 710 g/mol. The molecule has 2 unspecified atom stereocenters. The predicted octanol–water partition coefficient (Wildman–Crippen LogP) is 10.2. The first-order valence-electron chi connectivity index (χ1n) is 18.8. The fourth-order valence-corrected chi connectivity index (χ4v) is 5.42. The van der Waals surface area contributed by atoms with Crippen LogP contribution in [0, 0.1) is 0 Å². The van der Waals surface area contributed by atoms with Crippen LogP contribution in [0.4, 0.5) is 0 Å². The lowest BCUT2D eigenvalue weighted by molar-refractivity contribution is -0.161. The van der Waals surface area contributed by atoms with Crippen LogP contribution in [-0.2, 0) is 32.7 Å². The molecule has 0 fully saturated rings. The number of esters is 2. The van der Waals surface area contributed by atoms with E-state index in [0.29, 0.717) is 6.42 Å². The zero-order chi connectivity index (χ0) is 36.1. The van der Waals surface area contributed by atoms with E-state index in [0.717, 1.165) is 89.9 Å². The van der Waals surface area contributed by atoms with Gasteiger partial charge in [-0.1, -0.05) is 132 Å². The van der Waals surface area contributed by atoms with Gasteiger partial charge in [0.05, 0.1) is 13.2 Å². The van der Waals surface area contributed by atoms with Crippen molar-refractivity contribution in [3.63, 3.8) is 0 Å². The first-order valence-corrected chi connectivity index (χ1v) is 20.3. The van der Waals surface area contributed by atoms with Crippen LogP contribution in [0.5, 0.6) is 0 Å². The summed E-state index contributed by atoms with van der Waals surface area (Å²) in [5.41, 5.74) is 5.32. The minimum Gasteiger partial charge on any atom is -0.462 e. The molecule has 10 heteroatoms. The summed E-state index contributed by atoms with van der Waals surface area (Å²) < 4.78 is 32.5. The van der Waals surface area contributed by atoms with Gasteiger partial charge in [-0.3, -0.25) is 18.6 Å². The number of hydrogen-bond acceptors (Lipinski definition) is 8. The third kappa shape index (κ3) is 35.3. The molecule has 49 heavy (non-hydrogen) atoms.